The fraction of sp³-hybridized carbons (Fsp3) is 0.500. The minimum Gasteiger partial charge on any atom is -0.450 e. The van der Waals surface area contributed by atoms with E-state index in [0.717, 1.165) is 12.0 Å². The fourth-order valence-electron chi connectivity index (χ4n) is 2.54. The van der Waals surface area contributed by atoms with Crippen molar-refractivity contribution < 1.29 is 18.7 Å². The number of hydrogen-bond acceptors (Lipinski definition) is 3. The maximum absolute atomic E-state index is 13.7. The van der Waals surface area contributed by atoms with Crippen LogP contribution in [0.5, 0.6) is 0 Å². The highest BCUT2D eigenvalue weighted by Gasteiger charge is 2.29. The highest BCUT2D eigenvalue weighted by molar-refractivity contribution is 5.93. The summed E-state index contributed by atoms with van der Waals surface area (Å²) in [6.45, 7) is 4.77. The molecule has 1 aromatic carbocycles. The maximum Gasteiger partial charge on any atom is 0.409 e. The quantitative estimate of drug-likeness (QED) is 0.934. The molecule has 0 radical (unpaired) electrons. The molecule has 5 nitrogen and oxygen atoms in total. The van der Waals surface area contributed by atoms with Crippen molar-refractivity contribution in [3.05, 3.63) is 29.6 Å². The Bertz CT molecular complexity index is 562. The lowest BCUT2D eigenvalue weighted by atomic mass is 9.97. The van der Waals surface area contributed by atoms with Crippen LogP contribution < -0.4 is 5.32 Å². The van der Waals surface area contributed by atoms with Gasteiger partial charge in [-0.15, -0.1) is 0 Å². The first-order valence-electron chi connectivity index (χ1n) is 7.50. The van der Waals surface area contributed by atoms with Gasteiger partial charge in [0.25, 0.3) is 0 Å². The molecule has 6 heteroatoms. The molecule has 0 saturated carbocycles. The van der Waals surface area contributed by atoms with E-state index in [0.29, 0.717) is 26.1 Å². The normalized spacial score (nSPS) is 18.0. The highest BCUT2D eigenvalue weighted by Crippen LogP contribution is 2.21. The molecule has 0 aliphatic carbocycles. The van der Waals surface area contributed by atoms with Crippen LogP contribution in [0.1, 0.15) is 25.3 Å². The highest BCUT2D eigenvalue weighted by atomic mass is 19.1. The van der Waals surface area contributed by atoms with E-state index in [-0.39, 0.29) is 17.5 Å². The Morgan fingerprint density at radius 1 is 1.45 bits per heavy atom. The van der Waals surface area contributed by atoms with Crippen LogP contribution in [-0.4, -0.2) is 36.6 Å². The lowest BCUT2D eigenvalue weighted by Crippen LogP contribution is -2.44. The van der Waals surface area contributed by atoms with Crippen molar-refractivity contribution in [3.63, 3.8) is 0 Å². The summed E-state index contributed by atoms with van der Waals surface area (Å²) in [5.41, 5.74) is 1.05. The number of halogens is 1. The Balaban J connectivity index is 2.00. The van der Waals surface area contributed by atoms with Crippen LogP contribution in [-0.2, 0) is 9.53 Å². The van der Waals surface area contributed by atoms with E-state index in [1.807, 2.05) is 6.92 Å². The molecule has 22 heavy (non-hydrogen) atoms. The van der Waals surface area contributed by atoms with E-state index in [2.05, 4.69) is 5.32 Å². The molecule has 1 fully saturated rings. The van der Waals surface area contributed by atoms with Crippen molar-refractivity contribution in [2.75, 3.05) is 25.0 Å². The van der Waals surface area contributed by atoms with E-state index in [1.54, 1.807) is 19.1 Å². The second kappa shape index (κ2) is 7.24. The molecule has 1 aromatic rings. The number of benzene rings is 1. The van der Waals surface area contributed by atoms with Crippen molar-refractivity contribution in [2.45, 2.75) is 26.7 Å². The molecule has 120 valence electrons. The van der Waals surface area contributed by atoms with Crippen molar-refractivity contribution in [1.29, 1.82) is 0 Å². The number of hydrogen-bond donors (Lipinski definition) is 1. The van der Waals surface area contributed by atoms with Gasteiger partial charge in [-0.1, -0.05) is 6.07 Å². The third-order valence-electron chi connectivity index (χ3n) is 3.70. The number of carbonyl (C=O) groups excluding carboxylic acids is 2. The molecule has 0 aromatic heterocycles. The molecule has 1 unspecified atom stereocenters. The standard InChI is InChI=1S/C16H21FN2O3/c1-3-22-16(21)19-8-4-5-12(10-19)15(20)18-14-9-11(2)6-7-13(14)17/h6-7,9,12H,3-5,8,10H2,1-2H3,(H,18,20). The minimum atomic E-state index is -0.461. The van der Waals surface area contributed by atoms with Crippen LogP contribution in [0.15, 0.2) is 18.2 Å². The third kappa shape index (κ3) is 3.96. The number of anilines is 1. The van der Waals surface area contributed by atoms with Crippen molar-refractivity contribution >= 4 is 17.7 Å². The molecule has 1 N–H and O–H groups in total. The summed E-state index contributed by atoms with van der Waals surface area (Å²) < 4.78 is 18.7. The molecule has 1 saturated heterocycles. The van der Waals surface area contributed by atoms with Gasteiger partial charge in [0.05, 0.1) is 18.2 Å². The summed E-state index contributed by atoms with van der Waals surface area (Å²) in [5.74, 6) is -1.08. The smallest absolute Gasteiger partial charge is 0.409 e. The molecule has 1 atom stereocenters. The number of amides is 2. The first-order chi connectivity index (χ1) is 10.5. The van der Waals surface area contributed by atoms with Crippen LogP contribution >= 0.6 is 0 Å². The number of likely N-dealkylation sites (tertiary alicyclic amines) is 1. The molecule has 1 aliphatic rings. The summed E-state index contributed by atoms with van der Waals surface area (Å²) in [4.78, 5) is 25.6. The van der Waals surface area contributed by atoms with Crippen LogP contribution in [0, 0.1) is 18.7 Å². The molecule has 0 bridgehead atoms. The van der Waals surface area contributed by atoms with Crippen LogP contribution in [0.3, 0.4) is 0 Å². The molecule has 0 spiro atoms. The lowest BCUT2D eigenvalue weighted by Gasteiger charge is -2.31. The van der Waals surface area contributed by atoms with Gasteiger partial charge in [-0.2, -0.15) is 0 Å². The van der Waals surface area contributed by atoms with E-state index in [1.165, 1.54) is 11.0 Å². The molecular weight excluding hydrogens is 287 g/mol. The van der Waals surface area contributed by atoms with Gasteiger partial charge < -0.3 is 15.0 Å². The molecule has 2 amide bonds. The SMILES string of the molecule is CCOC(=O)N1CCCC(C(=O)Nc2cc(C)ccc2F)C1. The second-order valence-corrected chi connectivity index (χ2v) is 5.46. The van der Waals surface area contributed by atoms with Crippen molar-refractivity contribution in [2.24, 2.45) is 5.92 Å². The van der Waals surface area contributed by atoms with Gasteiger partial charge in [-0.25, -0.2) is 9.18 Å². The Labute approximate surface area is 129 Å². The summed E-state index contributed by atoms with van der Waals surface area (Å²) in [7, 11) is 0. The van der Waals surface area contributed by atoms with Crippen molar-refractivity contribution in [1.82, 2.24) is 4.90 Å². The number of carbonyl (C=O) groups is 2. The van der Waals surface area contributed by atoms with Gasteiger partial charge >= 0.3 is 6.09 Å². The zero-order chi connectivity index (χ0) is 16.1. The van der Waals surface area contributed by atoms with Crippen molar-refractivity contribution in [3.8, 4) is 0 Å². The topological polar surface area (TPSA) is 58.6 Å². The second-order valence-electron chi connectivity index (χ2n) is 5.46. The van der Waals surface area contributed by atoms with E-state index < -0.39 is 11.9 Å². The average Bonchev–Trinajstić information content (AvgIpc) is 2.51. The lowest BCUT2D eigenvalue weighted by molar-refractivity contribution is -0.121. The van der Waals surface area contributed by atoms with Gasteiger partial charge in [0.2, 0.25) is 5.91 Å². The molecule has 2 rings (SSSR count). The number of nitrogens with one attached hydrogen (secondary N) is 1. The monoisotopic (exact) mass is 308 g/mol. The number of piperidine rings is 1. The zero-order valence-electron chi connectivity index (χ0n) is 12.9. The third-order valence-corrected chi connectivity index (χ3v) is 3.70. The van der Waals surface area contributed by atoms with E-state index in [4.69, 9.17) is 4.74 Å². The van der Waals surface area contributed by atoms with Gasteiger partial charge in [0, 0.05) is 13.1 Å². The molecule has 1 heterocycles. The van der Waals surface area contributed by atoms with Crippen LogP contribution in [0.25, 0.3) is 0 Å². The Morgan fingerprint density at radius 2 is 2.23 bits per heavy atom. The molecule has 1 aliphatic heterocycles. The first-order valence-corrected chi connectivity index (χ1v) is 7.50. The number of aryl methyl sites for hydroxylation is 1. The predicted molar refractivity (Wildman–Crippen MR) is 81.1 cm³/mol. The zero-order valence-corrected chi connectivity index (χ0v) is 12.9. The van der Waals surface area contributed by atoms with E-state index in [9.17, 15) is 14.0 Å². The maximum atomic E-state index is 13.7. The minimum absolute atomic E-state index is 0.179. The number of nitrogens with zero attached hydrogens (tertiary/aromatic N) is 1. The van der Waals surface area contributed by atoms with Crippen LogP contribution in [0.4, 0.5) is 14.9 Å². The van der Waals surface area contributed by atoms with Gasteiger partial charge in [-0.3, -0.25) is 4.79 Å². The fourth-order valence-corrected chi connectivity index (χ4v) is 2.54. The van der Waals surface area contributed by atoms with Gasteiger partial charge in [0.15, 0.2) is 0 Å². The molecular formula is C16H21FN2O3. The first kappa shape index (κ1) is 16.3. The average molecular weight is 308 g/mol. The van der Waals surface area contributed by atoms with E-state index >= 15 is 0 Å². The number of ether oxygens (including phenoxy) is 1. The number of rotatable bonds is 3. The summed E-state index contributed by atoms with van der Waals surface area (Å²) in [5, 5.41) is 2.62. The predicted octanol–water partition coefficient (Wildman–Crippen LogP) is 2.94. The Kier molecular flexibility index (Phi) is 5.35. The van der Waals surface area contributed by atoms with Gasteiger partial charge in [-0.05, 0) is 44.4 Å². The summed E-state index contributed by atoms with van der Waals surface area (Å²) in [6, 6.07) is 4.57. The largest absolute Gasteiger partial charge is 0.450 e. The summed E-state index contributed by atoms with van der Waals surface area (Å²) in [6.07, 6.45) is 1.00. The van der Waals surface area contributed by atoms with Crippen LogP contribution in [0.2, 0.25) is 0 Å². The summed E-state index contributed by atoms with van der Waals surface area (Å²) >= 11 is 0. The Hall–Kier alpha value is -2.11. The van der Waals surface area contributed by atoms with Gasteiger partial charge in [0.1, 0.15) is 5.82 Å². The Morgan fingerprint density at radius 3 is 2.95 bits per heavy atom.